The molecule has 3 aromatic rings. The summed E-state index contributed by atoms with van der Waals surface area (Å²) in [6, 6.07) is 8.65. The number of hydrogen-bond acceptors (Lipinski definition) is 6. The molecule has 1 fully saturated rings. The van der Waals surface area contributed by atoms with Gasteiger partial charge >= 0.3 is 0 Å². The molecule has 2 aliphatic rings. The Hall–Kier alpha value is -2.94. The molecular formula is C22H24F2N6O. The van der Waals surface area contributed by atoms with E-state index in [0.29, 0.717) is 35.5 Å². The Bertz CT molecular complexity index is 1180. The predicted octanol–water partition coefficient (Wildman–Crippen LogP) is 2.78. The number of nitrogens with zero attached hydrogens (tertiary/aromatic N) is 6. The maximum atomic E-state index is 13.4. The molecule has 2 aromatic heterocycles. The molecule has 0 radical (unpaired) electrons. The lowest BCUT2D eigenvalue weighted by Gasteiger charge is -2.29. The van der Waals surface area contributed by atoms with Crippen molar-refractivity contribution >= 4 is 16.7 Å². The second kappa shape index (κ2) is 7.96. The van der Waals surface area contributed by atoms with Crippen molar-refractivity contribution in [2.24, 2.45) is 0 Å². The molecule has 1 saturated heterocycles. The number of benzene rings is 1. The van der Waals surface area contributed by atoms with Gasteiger partial charge in [0.2, 0.25) is 0 Å². The fourth-order valence-electron chi connectivity index (χ4n) is 4.66. The summed E-state index contributed by atoms with van der Waals surface area (Å²) in [7, 11) is 2.07. The van der Waals surface area contributed by atoms with Crippen LogP contribution in [0.25, 0.3) is 10.9 Å². The summed E-state index contributed by atoms with van der Waals surface area (Å²) < 4.78 is 27.9. The molecule has 1 unspecified atom stereocenters. The van der Waals surface area contributed by atoms with Gasteiger partial charge in [-0.05, 0) is 43.7 Å². The van der Waals surface area contributed by atoms with Crippen LogP contribution >= 0.6 is 0 Å². The molecule has 2 aliphatic heterocycles. The monoisotopic (exact) mass is 426 g/mol. The fraction of sp³-hybridized carbons (Fsp3) is 0.455. The van der Waals surface area contributed by atoms with Gasteiger partial charge in [0.25, 0.3) is 12.0 Å². The second-order valence-electron chi connectivity index (χ2n) is 8.31. The van der Waals surface area contributed by atoms with Crippen molar-refractivity contribution in [3.8, 4) is 0 Å². The van der Waals surface area contributed by atoms with Crippen LogP contribution in [0.4, 0.5) is 14.6 Å². The molecule has 0 bridgehead atoms. The molecule has 31 heavy (non-hydrogen) atoms. The molecule has 0 aliphatic carbocycles. The topological polar surface area (TPSA) is 67.2 Å². The fourth-order valence-corrected chi connectivity index (χ4v) is 4.66. The Labute approximate surface area is 178 Å². The zero-order chi connectivity index (χ0) is 21.5. The van der Waals surface area contributed by atoms with E-state index in [4.69, 9.17) is 0 Å². The van der Waals surface area contributed by atoms with Gasteiger partial charge in [-0.3, -0.25) is 9.36 Å². The Morgan fingerprint density at radius 1 is 1.19 bits per heavy atom. The van der Waals surface area contributed by atoms with Crippen LogP contribution in [-0.4, -0.2) is 51.2 Å². The van der Waals surface area contributed by atoms with Crippen LogP contribution in [0.5, 0.6) is 0 Å². The van der Waals surface area contributed by atoms with Crippen LogP contribution < -0.4 is 10.5 Å². The van der Waals surface area contributed by atoms with E-state index >= 15 is 0 Å². The third kappa shape index (κ3) is 3.67. The Balaban J connectivity index is 1.59. The van der Waals surface area contributed by atoms with Crippen LogP contribution in [0, 0.1) is 0 Å². The van der Waals surface area contributed by atoms with E-state index in [0.717, 1.165) is 41.8 Å². The summed E-state index contributed by atoms with van der Waals surface area (Å²) in [5.41, 5.74) is 2.25. The molecule has 1 atom stereocenters. The van der Waals surface area contributed by atoms with Gasteiger partial charge in [-0.15, -0.1) is 5.10 Å². The highest BCUT2D eigenvalue weighted by Gasteiger charge is 2.33. The highest BCUT2D eigenvalue weighted by molar-refractivity contribution is 5.77. The molecule has 0 spiro atoms. The number of aromatic nitrogens is 4. The SMILES string of the molecule is CN1CCc2nnc(N3CCCC3c3nc4ccccc4c(=O)n3CC(F)F)cc2C1. The smallest absolute Gasteiger partial charge is 0.261 e. The molecule has 4 heterocycles. The minimum Gasteiger partial charge on any atom is -0.345 e. The van der Waals surface area contributed by atoms with Crippen LogP contribution in [0.2, 0.25) is 0 Å². The van der Waals surface area contributed by atoms with Crippen LogP contribution in [0.1, 0.15) is 36.0 Å². The lowest BCUT2D eigenvalue weighted by molar-refractivity contribution is 0.123. The third-order valence-corrected chi connectivity index (χ3v) is 6.17. The molecule has 162 valence electrons. The van der Waals surface area contributed by atoms with E-state index in [1.165, 1.54) is 0 Å². The second-order valence-corrected chi connectivity index (χ2v) is 8.31. The van der Waals surface area contributed by atoms with Gasteiger partial charge in [0, 0.05) is 26.1 Å². The number of alkyl halides is 2. The number of anilines is 1. The third-order valence-electron chi connectivity index (χ3n) is 6.17. The van der Waals surface area contributed by atoms with Gasteiger partial charge in [-0.25, -0.2) is 13.8 Å². The molecule has 0 amide bonds. The van der Waals surface area contributed by atoms with Crippen LogP contribution in [-0.2, 0) is 19.5 Å². The molecule has 0 saturated carbocycles. The van der Waals surface area contributed by atoms with Crippen LogP contribution in [0.3, 0.4) is 0 Å². The van der Waals surface area contributed by atoms with Gasteiger partial charge in [0.1, 0.15) is 5.82 Å². The van der Waals surface area contributed by atoms with Crippen molar-refractivity contribution in [2.75, 3.05) is 25.0 Å². The Kier molecular flexibility index (Phi) is 5.13. The molecular weight excluding hydrogens is 402 g/mol. The number of hydrogen-bond donors (Lipinski definition) is 0. The Morgan fingerprint density at radius 2 is 2.03 bits per heavy atom. The maximum Gasteiger partial charge on any atom is 0.261 e. The standard InChI is InChI=1S/C22H24F2N6O/c1-28-10-8-16-14(12-28)11-20(27-26-16)29-9-4-7-18(29)21-25-17-6-3-2-5-15(17)22(31)30(21)13-19(23)24/h2-3,5-6,11,18-19H,4,7-10,12-13H2,1H3. The molecule has 5 rings (SSSR count). The molecule has 1 aromatic carbocycles. The van der Waals surface area contributed by atoms with E-state index in [9.17, 15) is 13.6 Å². The number of para-hydroxylation sites is 1. The Morgan fingerprint density at radius 3 is 2.87 bits per heavy atom. The largest absolute Gasteiger partial charge is 0.345 e. The number of likely N-dealkylation sites (N-methyl/N-ethyl adjacent to an activating group) is 1. The quantitative estimate of drug-likeness (QED) is 0.639. The lowest BCUT2D eigenvalue weighted by atomic mass is 10.1. The number of halogens is 2. The molecule has 0 N–H and O–H groups in total. The van der Waals surface area contributed by atoms with E-state index < -0.39 is 18.5 Å². The van der Waals surface area contributed by atoms with Crippen LogP contribution in [0.15, 0.2) is 35.1 Å². The summed E-state index contributed by atoms with van der Waals surface area (Å²) in [5.74, 6) is 1.08. The minimum atomic E-state index is -2.65. The summed E-state index contributed by atoms with van der Waals surface area (Å²) in [5, 5.41) is 9.24. The summed E-state index contributed by atoms with van der Waals surface area (Å²) >= 11 is 0. The van der Waals surface area contributed by atoms with Crippen molar-refractivity contribution < 1.29 is 8.78 Å². The van der Waals surface area contributed by atoms with Gasteiger partial charge in [-0.1, -0.05) is 12.1 Å². The van der Waals surface area contributed by atoms with Crippen molar-refractivity contribution in [1.29, 1.82) is 0 Å². The van der Waals surface area contributed by atoms with E-state index in [-0.39, 0.29) is 6.04 Å². The number of rotatable bonds is 4. The normalized spacial score (nSPS) is 19.4. The first kappa shape index (κ1) is 20.0. The first-order valence-corrected chi connectivity index (χ1v) is 10.6. The van der Waals surface area contributed by atoms with Gasteiger partial charge in [0.15, 0.2) is 5.82 Å². The van der Waals surface area contributed by atoms with E-state index in [1.54, 1.807) is 24.3 Å². The summed E-state index contributed by atoms with van der Waals surface area (Å²) in [6.45, 7) is 1.80. The maximum absolute atomic E-state index is 13.4. The van der Waals surface area contributed by atoms with Crippen molar-refractivity contribution in [2.45, 2.75) is 44.8 Å². The lowest BCUT2D eigenvalue weighted by Crippen LogP contribution is -2.34. The van der Waals surface area contributed by atoms with E-state index in [2.05, 4.69) is 32.0 Å². The zero-order valence-electron chi connectivity index (χ0n) is 17.3. The average molecular weight is 426 g/mol. The van der Waals surface area contributed by atoms with Gasteiger partial charge < -0.3 is 9.80 Å². The minimum absolute atomic E-state index is 0.301. The van der Waals surface area contributed by atoms with E-state index in [1.807, 2.05) is 6.07 Å². The molecule has 7 nitrogen and oxygen atoms in total. The zero-order valence-corrected chi connectivity index (χ0v) is 17.3. The first-order chi connectivity index (χ1) is 15.0. The summed E-state index contributed by atoms with van der Waals surface area (Å²) in [4.78, 5) is 22.0. The van der Waals surface area contributed by atoms with Crippen molar-refractivity contribution in [3.63, 3.8) is 0 Å². The van der Waals surface area contributed by atoms with Gasteiger partial charge in [-0.2, -0.15) is 5.10 Å². The van der Waals surface area contributed by atoms with Crippen molar-refractivity contribution in [1.82, 2.24) is 24.6 Å². The number of fused-ring (bicyclic) bond motifs is 2. The van der Waals surface area contributed by atoms with Crippen molar-refractivity contribution in [3.05, 3.63) is 57.8 Å². The van der Waals surface area contributed by atoms with Gasteiger partial charge in [0.05, 0.1) is 29.2 Å². The highest BCUT2D eigenvalue weighted by atomic mass is 19.3. The molecule has 9 heteroatoms. The first-order valence-electron chi connectivity index (χ1n) is 10.6. The highest BCUT2D eigenvalue weighted by Crippen LogP contribution is 2.35. The average Bonchev–Trinajstić information content (AvgIpc) is 3.24. The summed E-state index contributed by atoms with van der Waals surface area (Å²) in [6.07, 6.45) is -0.204. The predicted molar refractivity (Wildman–Crippen MR) is 113 cm³/mol.